The molecule has 18 heavy (non-hydrogen) atoms. The van der Waals surface area contributed by atoms with Gasteiger partial charge in [0.1, 0.15) is 0 Å². The SMILES string of the molecule is CC1CCCC1c1c[nH]c2ccc([N+](=O)[O-])cc12. The fourth-order valence-electron chi connectivity index (χ4n) is 3.16. The first kappa shape index (κ1) is 11.3. The normalized spacial score (nSPS) is 23.6. The van der Waals surface area contributed by atoms with Crippen LogP contribution in [0.1, 0.15) is 37.7 Å². The van der Waals surface area contributed by atoms with E-state index in [1.165, 1.54) is 24.8 Å². The molecule has 3 rings (SSSR count). The van der Waals surface area contributed by atoms with E-state index in [1.54, 1.807) is 18.2 Å². The van der Waals surface area contributed by atoms with Crippen LogP contribution in [0.25, 0.3) is 10.9 Å². The van der Waals surface area contributed by atoms with Gasteiger partial charge in [-0.2, -0.15) is 0 Å². The van der Waals surface area contributed by atoms with Crippen LogP contribution in [-0.4, -0.2) is 9.91 Å². The highest BCUT2D eigenvalue weighted by Gasteiger charge is 2.27. The maximum absolute atomic E-state index is 10.9. The molecule has 1 aromatic heterocycles. The van der Waals surface area contributed by atoms with Crippen LogP contribution in [0, 0.1) is 16.0 Å². The Morgan fingerprint density at radius 3 is 2.89 bits per heavy atom. The number of nitrogens with zero attached hydrogens (tertiary/aromatic N) is 1. The van der Waals surface area contributed by atoms with Crippen molar-refractivity contribution < 1.29 is 4.92 Å². The molecule has 2 unspecified atom stereocenters. The van der Waals surface area contributed by atoms with E-state index in [-0.39, 0.29) is 10.6 Å². The molecule has 1 aliphatic rings. The summed E-state index contributed by atoms with van der Waals surface area (Å²) in [5, 5.41) is 11.9. The average molecular weight is 244 g/mol. The van der Waals surface area contributed by atoms with E-state index in [9.17, 15) is 10.1 Å². The number of nitro groups is 1. The van der Waals surface area contributed by atoms with Crippen molar-refractivity contribution in [2.24, 2.45) is 5.92 Å². The van der Waals surface area contributed by atoms with Gasteiger partial charge in [-0.15, -0.1) is 0 Å². The molecule has 0 spiro atoms. The number of rotatable bonds is 2. The van der Waals surface area contributed by atoms with Gasteiger partial charge in [0.15, 0.2) is 0 Å². The van der Waals surface area contributed by atoms with Gasteiger partial charge in [-0.3, -0.25) is 10.1 Å². The molecule has 1 saturated carbocycles. The number of H-pyrrole nitrogens is 1. The molecule has 4 nitrogen and oxygen atoms in total. The van der Waals surface area contributed by atoms with Gasteiger partial charge < -0.3 is 4.98 Å². The van der Waals surface area contributed by atoms with Gasteiger partial charge in [0, 0.05) is 29.2 Å². The molecule has 0 radical (unpaired) electrons. The molecule has 0 aliphatic heterocycles. The second kappa shape index (κ2) is 4.12. The lowest BCUT2D eigenvalue weighted by molar-refractivity contribution is -0.384. The fraction of sp³-hybridized carbons (Fsp3) is 0.429. The Bertz CT molecular complexity index is 603. The Labute approximate surface area is 105 Å². The molecule has 1 aromatic carbocycles. The highest BCUT2D eigenvalue weighted by molar-refractivity contribution is 5.86. The first-order valence-corrected chi connectivity index (χ1v) is 6.42. The number of fused-ring (bicyclic) bond motifs is 1. The maximum atomic E-state index is 10.9. The topological polar surface area (TPSA) is 58.9 Å². The number of hydrogen-bond acceptors (Lipinski definition) is 2. The van der Waals surface area contributed by atoms with Crippen molar-refractivity contribution >= 4 is 16.6 Å². The van der Waals surface area contributed by atoms with Crippen molar-refractivity contribution in [2.75, 3.05) is 0 Å². The average Bonchev–Trinajstić information content (AvgIpc) is 2.93. The molecule has 2 atom stereocenters. The van der Waals surface area contributed by atoms with E-state index in [0.717, 1.165) is 10.9 Å². The van der Waals surface area contributed by atoms with Gasteiger partial charge in [-0.05, 0) is 29.9 Å². The van der Waals surface area contributed by atoms with Gasteiger partial charge in [-0.1, -0.05) is 19.8 Å². The molecular weight excluding hydrogens is 228 g/mol. The zero-order valence-corrected chi connectivity index (χ0v) is 10.3. The summed E-state index contributed by atoms with van der Waals surface area (Å²) >= 11 is 0. The predicted molar refractivity (Wildman–Crippen MR) is 70.7 cm³/mol. The minimum Gasteiger partial charge on any atom is -0.361 e. The van der Waals surface area contributed by atoms with Crippen molar-refractivity contribution in [3.63, 3.8) is 0 Å². The first-order valence-electron chi connectivity index (χ1n) is 6.42. The molecule has 1 aliphatic carbocycles. The van der Waals surface area contributed by atoms with Crippen LogP contribution in [0.2, 0.25) is 0 Å². The number of aromatic nitrogens is 1. The molecule has 0 saturated heterocycles. The third-order valence-electron chi connectivity index (χ3n) is 4.17. The van der Waals surface area contributed by atoms with Crippen LogP contribution in [0.4, 0.5) is 5.69 Å². The lowest BCUT2D eigenvalue weighted by atomic mass is 9.90. The van der Waals surface area contributed by atoms with Crippen molar-refractivity contribution in [3.05, 3.63) is 40.1 Å². The lowest BCUT2D eigenvalue weighted by Crippen LogP contribution is -2.01. The largest absolute Gasteiger partial charge is 0.361 e. The molecule has 0 bridgehead atoms. The molecular formula is C14H16N2O2. The number of nitro benzene ring substituents is 1. The number of hydrogen-bond donors (Lipinski definition) is 1. The highest BCUT2D eigenvalue weighted by Crippen LogP contribution is 2.42. The molecule has 2 aromatic rings. The number of aromatic amines is 1. The summed E-state index contributed by atoms with van der Waals surface area (Å²) in [5.41, 5.74) is 2.42. The van der Waals surface area contributed by atoms with E-state index in [0.29, 0.717) is 11.8 Å². The summed E-state index contributed by atoms with van der Waals surface area (Å²) in [7, 11) is 0. The summed E-state index contributed by atoms with van der Waals surface area (Å²) in [6, 6.07) is 5.06. The lowest BCUT2D eigenvalue weighted by Gasteiger charge is -2.14. The van der Waals surface area contributed by atoms with Crippen LogP contribution in [0.15, 0.2) is 24.4 Å². The molecule has 1 heterocycles. The number of benzene rings is 1. The summed E-state index contributed by atoms with van der Waals surface area (Å²) < 4.78 is 0. The predicted octanol–water partition coefficient (Wildman–Crippen LogP) is 3.98. The Morgan fingerprint density at radius 1 is 1.39 bits per heavy atom. The third kappa shape index (κ3) is 1.68. The van der Waals surface area contributed by atoms with Crippen LogP contribution in [0.3, 0.4) is 0 Å². The molecule has 94 valence electrons. The zero-order chi connectivity index (χ0) is 12.7. The van der Waals surface area contributed by atoms with Crippen LogP contribution >= 0.6 is 0 Å². The summed E-state index contributed by atoms with van der Waals surface area (Å²) in [6.07, 6.45) is 5.73. The van der Waals surface area contributed by atoms with Crippen LogP contribution in [0.5, 0.6) is 0 Å². The molecule has 4 heteroatoms. The first-order chi connectivity index (χ1) is 8.66. The highest BCUT2D eigenvalue weighted by atomic mass is 16.6. The Morgan fingerprint density at radius 2 is 2.22 bits per heavy atom. The van der Waals surface area contributed by atoms with E-state index in [1.807, 2.05) is 6.20 Å². The summed E-state index contributed by atoms with van der Waals surface area (Å²) in [6.45, 7) is 2.27. The van der Waals surface area contributed by atoms with Crippen molar-refractivity contribution in [1.29, 1.82) is 0 Å². The van der Waals surface area contributed by atoms with E-state index in [4.69, 9.17) is 0 Å². The fourth-order valence-corrected chi connectivity index (χ4v) is 3.16. The van der Waals surface area contributed by atoms with E-state index in [2.05, 4.69) is 11.9 Å². The van der Waals surface area contributed by atoms with Crippen molar-refractivity contribution in [2.45, 2.75) is 32.1 Å². The van der Waals surface area contributed by atoms with Crippen molar-refractivity contribution in [3.8, 4) is 0 Å². The monoisotopic (exact) mass is 244 g/mol. The van der Waals surface area contributed by atoms with E-state index >= 15 is 0 Å². The van der Waals surface area contributed by atoms with Gasteiger partial charge in [-0.25, -0.2) is 0 Å². The zero-order valence-electron chi connectivity index (χ0n) is 10.3. The number of non-ortho nitro benzene ring substituents is 1. The van der Waals surface area contributed by atoms with Gasteiger partial charge in [0.05, 0.1) is 4.92 Å². The second-order valence-corrected chi connectivity index (χ2v) is 5.25. The quantitative estimate of drug-likeness (QED) is 0.641. The minimum absolute atomic E-state index is 0.175. The Hall–Kier alpha value is -1.84. The Balaban J connectivity index is 2.11. The van der Waals surface area contributed by atoms with Crippen LogP contribution in [-0.2, 0) is 0 Å². The number of nitrogens with one attached hydrogen (secondary N) is 1. The van der Waals surface area contributed by atoms with Crippen molar-refractivity contribution in [1.82, 2.24) is 4.98 Å². The van der Waals surface area contributed by atoms with Crippen LogP contribution < -0.4 is 0 Å². The van der Waals surface area contributed by atoms with Gasteiger partial charge in [0.25, 0.3) is 5.69 Å². The molecule has 1 fully saturated rings. The summed E-state index contributed by atoms with van der Waals surface area (Å²) in [5.74, 6) is 1.21. The minimum atomic E-state index is -0.325. The maximum Gasteiger partial charge on any atom is 0.270 e. The van der Waals surface area contributed by atoms with Gasteiger partial charge >= 0.3 is 0 Å². The second-order valence-electron chi connectivity index (χ2n) is 5.25. The molecule has 0 amide bonds. The molecule has 1 N–H and O–H groups in total. The van der Waals surface area contributed by atoms with E-state index < -0.39 is 0 Å². The van der Waals surface area contributed by atoms with Gasteiger partial charge in [0.2, 0.25) is 0 Å². The third-order valence-corrected chi connectivity index (χ3v) is 4.17. The summed E-state index contributed by atoms with van der Waals surface area (Å²) in [4.78, 5) is 13.8. The Kier molecular flexibility index (Phi) is 2.58. The standard InChI is InChI=1S/C14H16N2O2/c1-9-3-2-4-11(9)13-8-15-14-6-5-10(16(17)18)7-12(13)14/h5-9,11,15H,2-4H2,1H3. The smallest absolute Gasteiger partial charge is 0.270 e.